The number of halogens is 7. The molecule has 0 spiro atoms. The molecule has 2 saturated carbocycles. The third-order valence-electron chi connectivity index (χ3n) is 18.1. The van der Waals surface area contributed by atoms with Crippen LogP contribution in [0.2, 0.25) is 14.8 Å². The van der Waals surface area contributed by atoms with Crippen LogP contribution in [0.25, 0.3) is 16.4 Å². The Bertz CT molecular complexity index is 5700. The molecule has 1 unspecified atom stereocenters. The summed E-state index contributed by atoms with van der Waals surface area (Å²) in [6, 6.07) is 21.8. The van der Waals surface area contributed by atoms with E-state index < -0.39 is 103 Å². The number of nitrogens with zero attached hydrogens (tertiary/aromatic N) is 9. The highest BCUT2D eigenvalue weighted by atomic mass is 79.9. The lowest BCUT2D eigenvalue weighted by atomic mass is 9.86. The molecule has 1 aliphatic heterocycles. The van der Waals surface area contributed by atoms with Crippen LogP contribution in [0.3, 0.4) is 0 Å². The molecule has 7 heterocycles. The minimum atomic E-state index is -4.18. The molecule has 12 N–H and O–H groups in total. The predicted octanol–water partition coefficient (Wildman–Crippen LogP) is 14.7. The Kier molecular flexibility index (Phi) is 40.6. The summed E-state index contributed by atoms with van der Waals surface area (Å²) in [6.45, 7) is 24.4. The van der Waals surface area contributed by atoms with Gasteiger partial charge in [-0.2, -0.15) is 5.10 Å². The van der Waals surface area contributed by atoms with Crippen LogP contribution in [0.1, 0.15) is 162 Å². The van der Waals surface area contributed by atoms with Crippen molar-refractivity contribution in [3.63, 3.8) is 0 Å². The van der Waals surface area contributed by atoms with Gasteiger partial charge in [0.1, 0.15) is 54.3 Å². The minimum absolute atomic E-state index is 0. The van der Waals surface area contributed by atoms with E-state index in [4.69, 9.17) is 89.6 Å². The Morgan fingerprint density at radius 2 is 1.14 bits per heavy atom. The van der Waals surface area contributed by atoms with Crippen LogP contribution >= 0.6 is 123 Å². The van der Waals surface area contributed by atoms with E-state index >= 15 is 0 Å². The number of nitrogens with one attached hydrogen (secondary N) is 2. The second-order valence-electron chi connectivity index (χ2n) is 32.8. The van der Waals surface area contributed by atoms with Crippen molar-refractivity contribution in [2.24, 2.45) is 33.9 Å². The summed E-state index contributed by atoms with van der Waals surface area (Å²) in [7, 11) is -7.32. The van der Waals surface area contributed by atoms with Crippen molar-refractivity contribution in [2.75, 3.05) is 36.4 Å². The number of sulfonamides is 2. The topological polar surface area (TPSA) is 472 Å². The molecule has 1 saturated heterocycles. The number of nitrogen functional groups attached to an aromatic ring is 1. The van der Waals surface area contributed by atoms with E-state index in [1.165, 1.54) is 97.1 Å². The number of rotatable bonds is 21. The fourth-order valence-corrected chi connectivity index (χ4v) is 17.0. The van der Waals surface area contributed by atoms with Crippen LogP contribution in [-0.2, 0) is 67.6 Å². The van der Waals surface area contributed by atoms with Gasteiger partial charge in [-0.25, -0.2) is 85.7 Å². The van der Waals surface area contributed by atoms with Gasteiger partial charge in [0.2, 0.25) is 25.2 Å². The van der Waals surface area contributed by atoms with Crippen molar-refractivity contribution < 1.29 is 93.2 Å². The second-order valence-corrected chi connectivity index (χ2v) is 43.2. The highest BCUT2D eigenvalue weighted by Gasteiger charge is 2.53. The molecule has 4 aromatic carbocycles. The standard InChI is InChI=1S/C23H21BBrFN4O4S2.C20H19BrFNO4S.C15H25BN2O4S.C9H13ClN2O2S.C6H13NO2.C3H6BN3O2S.C3HCl2NS.CH4/c25-16-3-1-2-15(11-16)22-17(8-14-6-7-20(18(26)9-14)36(27,33)34)19(10-13-4-5-13)30(29-22)23-28-21(12-35-23)24(31)32;21-15-3-1-2-14(11-15)20(25)16(18(24)10-12-4-5-12)8-13-6-7-19(17(22)9-13)28(23,26)27;1-13(2,3)20-12(19)18(8)11-17-10(9-23-11)16-21-14(4,5)15(6,7)22-16;1-9(2,3)14-8(13)12(4)7-11-6(10)5-15-7;1-6(2,3)9-5(8)7-4;5-7-3-6-2(1-10-3)4(8)9;4-2-1-7-3(5)6-2;/h1-3,6-7,9,11-13,31-32H,4-5,8,10H2,(H2,27,33,34);1-3,6-7,9,11-12,16H,4-5,8,10H2,(H2,23,26,27);9H,1-8H3;5H,1-4H3;1-4H3,(H,7,8);1,8-9H,5H2,(H,6,7);1H;1H4. The van der Waals surface area contributed by atoms with E-state index in [0.717, 1.165) is 70.0 Å². The number of hydrazine groups is 1. The number of hydrogen-bond donors (Lipinski definition) is 9. The van der Waals surface area contributed by atoms with Crippen LogP contribution in [0.4, 0.5) is 38.6 Å². The van der Waals surface area contributed by atoms with Crippen molar-refractivity contribution in [2.45, 2.75) is 187 Å². The Balaban J connectivity index is 0.000000248. The molecule has 2 aliphatic carbocycles. The Morgan fingerprint density at radius 1 is 0.651 bits per heavy atom. The van der Waals surface area contributed by atoms with Crippen LogP contribution in [0.5, 0.6) is 0 Å². The Morgan fingerprint density at radius 3 is 1.56 bits per heavy atom. The summed E-state index contributed by atoms with van der Waals surface area (Å²) in [4.78, 5) is 81.7. The highest BCUT2D eigenvalue weighted by Crippen LogP contribution is 2.41. The molecule has 700 valence electrons. The third-order valence-corrected chi connectivity index (χ3v) is 26.1. The number of alkyl carbamates (subject to hydrolysis) is 1. The smallest absolute Gasteiger partial charge is 0.444 e. The number of thiazole rings is 5. The number of amides is 3. The zero-order chi connectivity index (χ0) is 95.7. The normalized spacial score (nSPS) is 14.0. The predicted molar refractivity (Wildman–Crippen MR) is 513 cm³/mol. The maximum absolute atomic E-state index is 14.7. The molecular formula is C80H102B3Br2Cl3F2N14O18S7. The fourth-order valence-electron chi connectivity index (χ4n) is 10.9. The molecule has 1 atom stereocenters. The maximum atomic E-state index is 14.7. The number of benzene rings is 4. The van der Waals surface area contributed by atoms with Gasteiger partial charge >= 0.3 is 39.6 Å². The van der Waals surface area contributed by atoms with Gasteiger partial charge in [-0.15, -0.1) is 56.7 Å². The third kappa shape index (κ3) is 35.2. The molecule has 3 aliphatic rings. The van der Waals surface area contributed by atoms with Crippen molar-refractivity contribution >= 4 is 227 Å². The summed E-state index contributed by atoms with van der Waals surface area (Å²) in [5.74, 6) is 2.43. The average Bonchev–Trinajstić information content (AvgIpc) is 1.62. The number of primary sulfonamides is 2. The van der Waals surface area contributed by atoms with Crippen LogP contribution < -0.4 is 53.4 Å². The molecule has 13 rings (SSSR count). The number of anilines is 3. The van der Waals surface area contributed by atoms with E-state index in [9.17, 15) is 59.6 Å². The number of carbonyl (C=O) groups is 5. The Hall–Kier alpha value is -7.39. The van der Waals surface area contributed by atoms with Gasteiger partial charge in [0.25, 0.3) is 0 Å². The molecule has 49 heteroatoms. The van der Waals surface area contributed by atoms with Crippen LogP contribution in [-0.4, -0.2) is 172 Å². The minimum Gasteiger partial charge on any atom is -0.444 e. The number of hydrogen-bond acceptors (Lipinski definition) is 31. The van der Waals surface area contributed by atoms with Crippen molar-refractivity contribution in [1.29, 1.82) is 0 Å². The van der Waals surface area contributed by atoms with Gasteiger partial charge in [0.05, 0.1) is 45.3 Å². The van der Waals surface area contributed by atoms with E-state index in [1.54, 1.807) is 65.2 Å². The number of ketones is 2. The molecule has 6 aromatic heterocycles. The molecule has 32 nitrogen and oxygen atoms in total. The van der Waals surface area contributed by atoms with E-state index in [0.29, 0.717) is 88.0 Å². The molecule has 3 fully saturated rings. The molecule has 10 aromatic rings. The quantitative estimate of drug-likeness (QED) is 0.00805. The first-order valence-corrected chi connectivity index (χ1v) is 49.0. The summed E-state index contributed by atoms with van der Waals surface area (Å²) in [5, 5.41) is 64.7. The molecule has 129 heavy (non-hydrogen) atoms. The van der Waals surface area contributed by atoms with Gasteiger partial charge in [-0.05, 0) is 200 Å². The highest BCUT2D eigenvalue weighted by molar-refractivity contribution is 9.10. The lowest BCUT2D eigenvalue weighted by Crippen LogP contribution is -2.41. The lowest BCUT2D eigenvalue weighted by Gasteiger charge is -2.32. The summed E-state index contributed by atoms with van der Waals surface area (Å²) in [5.41, 5.74) is 5.63. The SMILES string of the molecule is C.CN(C(=O)OC(C)(C)C)c1nc(B2OC(C)(C)C(C)(C)O2)cs1.CN(C(=O)OC(C)(C)C)c1nc(Cl)cs1.CNC(=O)OC(C)(C)C.Clc1csc(Cl)n1.NNc1nc(B(O)O)cs1.NS(=O)(=O)c1ccc(CC(C(=O)CC2CC2)C(=O)c2cccc(Br)c2)cc1F.NS(=O)(=O)c1ccc(Cc2c(-c3cccc(Br)c3)nn(-c3nc(B(O)O)cs3)c2CC2CC2)cc1F. The fraction of sp³-hybridized carbons (Fsp3) is 0.412. The summed E-state index contributed by atoms with van der Waals surface area (Å²) in [6.07, 6.45) is 4.21. The second kappa shape index (κ2) is 47.5. The van der Waals surface area contributed by atoms with Crippen molar-refractivity contribution in [1.82, 2.24) is 40.0 Å². The van der Waals surface area contributed by atoms with Gasteiger partial charge in [-0.1, -0.05) is 110 Å². The largest absolute Gasteiger partial charge is 0.515 e. The first kappa shape index (κ1) is 110. The van der Waals surface area contributed by atoms with Gasteiger partial charge in [-0.3, -0.25) is 24.8 Å². The van der Waals surface area contributed by atoms with Crippen molar-refractivity contribution in [3.05, 3.63) is 175 Å². The number of Topliss-reactive ketones (excluding diaryl/α,β-unsaturated/α-hetero) is 2. The Labute approximate surface area is 801 Å². The summed E-state index contributed by atoms with van der Waals surface area (Å²) < 4.78 is 106. The van der Waals surface area contributed by atoms with Gasteiger partial charge in [0.15, 0.2) is 25.6 Å². The van der Waals surface area contributed by atoms with Gasteiger partial charge in [0, 0.05) is 86.5 Å². The molecule has 0 radical (unpaired) electrons. The number of carbonyl (C=O) groups excluding carboxylic acids is 5. The first-order chi connectivity index (χ1) is 59.3. The number of ether oxygens (including phenoxy) is 3. The number of nitrogens with two attached hydrogens (primary N) is 3. The number of aromatic nitrogens is 7. The van der Waals surface area contributed by atoms with E-state index in [2.05, 4.69) is 67.5 Å². The maximum Gasteiger partial charge on any atom is 0.515 e. The molecule has 0 bridgehead atoms. The average molecular weight is 2110 g/mol. The molecule has 3 amide bonds. The monoisotopic (exact) mass is 2100 g/mol. The van der Waals surface area contributed by atoms with E-state index in [-0.39, 0.29) is 48.3 Å². The first-order valence-electron chi connectivity index (χ1n) is 38.8. The van der Waals surface area contributed by atoms with E-state index in [1.807, 2.05) is 120 Å². The van der Waals surface area contributed by atoms with Crippen LogP contribution in [0, 0.1) is 29.4 Å². The lowest BCUT2D eigenvalue weighted by molar-refractivity contribution is -0.121. The summed E-state index contributed by atoms with van der Waals surface area (Å²) >= 11 is 29.7. The molecular weight excluding hydrogens is 2010 g/mol. The van der Waals surface area contributed by atoms with Gasteiger partial charge < -0.3 is 48.9 Å². The van der Waals surface area contributed by atoms with Crippen molar-refractivity contribution in [3.8, 4) is 16.4 Å². The zero-order valence-corrected chi connectivity index (χ0v) is 83.5. The van der Waals surface area contributed by atoms with Crippen LogP contribution in [0.15, 0.2) is 131 Å². The zero-order valence-electron chi connectivity index (χ0n) is 72.4.